The van der Waals surface area contributed by atoms with Crippen LogP contribution in [0.4, 0.5) is 0 Å². The predicted molar refractivity (Wildman–Crippen MR) is 99.5 cm³/mol. The summed E-state index contributed by atoms with van der Waals surface area (Å²) in [5.41, 5.74) is 1.79. The van der Waals surface area contributed by atoms with Crippen molar-refractivity contribution in [2.45, 2.75) is 20.7 Å². The smallest absolute Gasteiger partial charge is 0.370 e. The molecule has 2 rings (SSSR count). The lowest BCUT2D eigenvalue weighted by atomic mass is 10.2. The molecule has 0 saturated heterocycles. The van der Waals surface area contributed by atoms with Gasteiger partial charge in [-0.2, -0.15) is 12.6 Å². The van der Waals surface area contributed by atoms with E-state index in [1.807, 2.05) is 54.8 Å². The molecule has 0 aliphatic rings. The van der Waals surface area contributed by atoms with Gasteiger partial charge in [0.05, 0.1) is 16.7 Å². The minimum absolute atomic E-state index is 0.642. The van der Waals surface area contributed by atoms with Crippen LogP contribution in [0, 0.1) is 0 Å². The minimum atomic E-state index is -1.53. The predicted octanol–water partition coefficient (Wildman–Crippen LogP) is 4.05. The fraction of sp³-hybridized carbons (Fsp3) is 0.294. The highest BCUT2D eigenvalue weighted by Crippen LogP contribution is 2.37. The lowest BCUT2D eigenvalue weighted by Crippen LogP contribution is -2.39. The summed E-state index contributed by atoms with van der Waals surface area (Å²) in [6.07, 6.45) is 2.01. The molecule has 0 N–H and O–H groups in total. The monoisotopic (exact) mass is 368 g/mol. The molecule has 0 aromatic heterocycles. The Morgan fingerprint density at radius 2 is 1.61 bits per heavy atom. The van der Waals surface area contributed by atoms with Gasteiger partial charge in [-0.1, -0.05) is 12.1 Å². The van der Waals surface area contributed by atoms with Crippen LogP contribution in [0.1, 0.15) is 11.1 Å². The van der Waals surface area contributed by atoms with Gasteiger partial charge in [0.1, 0.15) is 0 Å². The maximum Gasteiger partial charge on any atom is 0.370 e. The van der Waals surface area contributed by atoms with Crippen LogP contribution in [0.25, 0.3) is 0 Å². The molecule has 6 heteroatoms. The molecule has 0 heterocycles. The zero-order chi connectivity index (χ0) is 16.9. The van der Waals surface area contributed by atoms with Gasteiger partial charge >= 0.3 is 5.12 Å². The van der Waals surface area contributed by atoms with E-state index >= 15 is 0 Å². The van der Waals surface area contributed by atoms with E-state index < -0.39 is 16.3 Å². The van der Waals surface area contributed by atoms with Crippen molar-refractivity contribution in [3.05, 3.63) is 59.7 Å². The maximum atomic E-state index is 13.1. The van der Waals surface area contributed by atoms with Gasteiger partial charge in [-0.25, -0.2) is 0 Å². The Morgan fingerprint density at radius 1 is 1.04 bits per heavy atom. The molecular formula is C17H20O3S3. The summed E-state index contributed by atoms with van der Waals surface area (Å²) >= 11 is 4.36. The van der Waals surface area contributed by atoms with Crippen molar-refractivity contribution < 1.29 is 14.0 Å². The molecule has 2 aromatic rings. The Bertz CT molecular complexity index is 610. The van der Waals surface area contributed by atoms with Crippen molar-refractivity contribution in [2.24, 2.45) is 0 Å². The van der Waals surface area contributed by atoms with Crippen LogP contribution in [-0.2, 0) is 31.5 Å². The summed E-state index contributed by atoms with van der Waals surface area (Å²) in [7, 11) is 3.01. The van der Waals surface area contributed by atoms with Gasteiger partial charge in [0, 0.05) is 24.9 Å². The van der Waals surface area contributed by atoms with Gasteiger partial charge < -0.3 is 14.0 Å². The molecule has 0 amide bonds. The average Bonchev–Trinajstić information content (AvgIpc) is 2.63. The van der Waals surface area contributed by atoms with Crippen molar-refractivity contribution >= 4 is 35.6 Å². The molecule has 0 fully saturated rings. The lowest BCUT2D eigenvalue weighted by molar-refractivity contribution is -0.147. The summed E-state index contributed by atoms with van der Waals surface area (Å²) in [6.45, 7) is 0. The minimum Gasteiger partial charge on any atom is -0.607 e. The van der Waals surface area contributed by atoms with E-state index in [1.54, 1.807) is 11.8 Å². The summed E-state index contributed by atoms with van der Waals surface area (Å²) in [5, 5.41) is -1.33. The van der Waals surface area contributed by atoms with Crippen LogP contribution in [0.2, 0.25) is 0 Å². The molecule has 0 aliphatic heterocycles. The number of benzene rings is 2. The second-order valence-electron chi connectivity index (χ2n) is 4.76. The van der Waals surface area contributed by atoms with Crippen LogP contribution in [0.15, 0.2) is 58.3 Å². The molecule has 2 aromatic carbocycles. The third-order valence-electron chi connectivity index (χ3n) is 3.55. The van der Waals surface area contributed by atoms with E-state index in [1.165, 1.54) is 14.2 Å². The van der Waals surface area contributed by atoms with Gasteiger partial charge in [0.15, 0.2) is 4.90 Å². The molecule has 124 valence electrons. The molecule has 0 saturated carbocycles. The summed E-state index contributed by atoms with van der Waals surface area (Å²) in [6, 6.07) is 15.2. The second kappa shape index (κ2) is 8.46. The van der Waals surface area contributed by atoms with E-state index in [4.69, 9.17) is 9.47 Å². The summed E-state index contributed by atoms with van der Waals surface area (Å²) < 4.78 is 24.3. The number of thiol groups is 1. The Hall–Kier alpha value is -0.630. The van der Waals surface area contributed by atoms with E-state index in [2.05, 4.69) is 12.6 Å². The third kappa shape index (κ3) is 3.90. The molecule has 0 spiro atoms. The van der Waals surface area contributed by atoms with Gasteiger partial charge in [-0.3, -0.25) is 0 Å². The number of thioether (sulfide) groups is 1. The molecule has 0 radical (unpaired) electrons. The molecule has 1 atom stereocenters. The first-order chi connectivity index (χ1) is 11.1. The van der Waals surface area contributed by atoms with Crippen molar-refractivity contribution in [3.63, 3.8) is 0 Å². The van der Waals surface area contributed by atoms with E-state index in [0.29, 0.717) is 10.6 Å². The van der Waals surface area contributed by atoms with Crippen LogP contribution < -0.4 is 0 Å². The Kier molecular flexibility index (Phi) is 6.88. The Morgan fingerprint density at radius 3 is 2.04 bits per heavy atom. The third-order valence-corrected chi connectivity index (χ3v) is 6.41. The zero-order valence-corrected chi connectivity index (χ0v) is 15.8. The zero-order valence-electron chi connectivity index (χ0n) is 13.3. The van der Waals surface area contributed by atoms with Crippen LogP contribution in [-0.4, -0.2) is 25.0 Å². The SMILES string of the molecule is COC(OC)(c1ccc(SC)cc1)[S+]([O-])c1ccc(CS)cc1. The molecular weight excluding hydrogens is 348 g/mol. The Labute approximate surface area is 150 Å². The number of methoxy groups -OCH3 is 2. The van der Waals surface area contributed by atoms with Gasteiger partial charge in [-0.05, 0) is 48.2 Å². The largest absolute Gasteiger partial charge is 0.607 e. The van der Waals surface area contributed by atoms with Crippen LogP contribution >= 0.6 is 24.4 Å². The highest BCUT2D eigenvalue weighted by Gasteiger charge is 2.47. The first-order valence-electron chi connectivity index (χ1n) is 6.97. The molecule has 0 aliphatic carbocycles. The molecule has 0 bridgehead atoms. The van der Waals surface area contributed by atoms with E-state index in [9.17, 15) is 4.55 Å². The first-order valence-corrected chi connectivity index (χ1v) is 9.98. The van der Waals surface area contributed by atoms with Gasteiger partial charge in [0.25, 0.3) is 0 Å². The highest BCUT2D eigenvalue weighted by atomic mass is 32.2. The second-order valence-corrected chi connectivity index (χ2v) is 7.51. The topological polar surface area (TPSA) is 41.5 Å². The van der Waals surface area contributed by atoms with Gasteiger partial charge in [-0.15, -0.1) is 11.8 Å². The first kappa shape index (κ1) is 18.7. The lowest BCUT2D eigenvalue weighted by Gasteiger charge is -2.32. The molecule has 3 nitrogen and oxygen atoms in total. The summed E-state index contributed by atoms with van der Waals surface area (Å²) in [5.74, 6) is 0.642. The van der Waals surface area contributed by atoms with Gasteiger partial charge in [0.2, 0.25) is 0 Å². The fourth-order valence-corrected chi connectivity index (χ4v) is 4.21. The van der Waals surface area contributed by atoms with Crippen molar-refractivity contribution in [3.8, 4) is 0 Å². The standard InChI is InChI=1S/C17H20O3S3/c1-19-17(20-2,14-6-8-15(22-3)9-7-14)23(18)16-10-4-13(12-21)5-11-16/h4-11,21H,12H2,1-3H3. The normalized spacial score (nSPS) is 13.1. The number of rotatable bonds is 7. The maximum absolute atomic E-state index is 13.1. The number of hydrogen-bond donors (Lipinski definition) is 1. The van der Waals surface area contributed by atoms with Crippen LogP contribution in [0.5, 0.6) is 0 Å². The highest BCUT2D eigenvalue weighted by molar-refractivity contribution is 7.98. The van der Waals surface area contributed by atoms with Crippen molar-refractivity contribution in [2.75, 3.05) is 20.5 Å². The quantitative estimate of drug-likeness (QED) is 0.346. The summed E-state index contributed by atoms with van der Waals surface area (Å²) in [4.78, 5) is 1.77. The van der Waals surface area contributed by atoms with E-state index in [0.717, 1.165) is 16.0 Å². The average molecular weight is 369 g/mol. The van der Waals surface area contributed by atoms with Crippen molar-refractivity contribution in [1.82, 2.24) is 0 Å². The number of ether oxygens (including phenoxy) is 2. The van der Waals surface area contributed by atoms with Crippen molar-refractivity contribution in [1.29, 1.82) is 0 Å². The van der Waals surface area contributed by atoms with E-state index in [-0.39, 0.29) is 0 Å². The fourth-order valence-electron chi connectivity index (χ4n) is 2.25. The molecule has 1 unspecified atom stereocenters. The molecule has 23 heavy (non-hydrogen) atoms. The van der Waals surface area contributed by atoms with Crippen LogP contribution in [0.3, 0.4) is 0 Å². The number of hydrogen-bond acceptors (Lipinski definition) is 5. The Balaban J connectivity index is 2.40.